The van der Waals surface area contributed by atoms with Crippen LogP contribution in [0.4, 0.5) is 0 Å². The lowest BCUT2D eigenvalue weighted by molar-refractivity contribution is -0.161. The summed E-state index contributed by atoms with van der Waals surface area (Å²) in [7, 11) is 0. The number of halogens is 1. The third kappa shape index (κ3) is 11.9. The Bertz CT molecular complexity index is 145. The van der Waals surface area contributed by atoms with Crippen molar-refractivity contribution in [1.82, 2.24) is 0 Å². The smallest absolute Gasteiger partial charge is 0.332 e. The lowest BCUT2D eigenvalue weighted by Crippen LogP contribution is -2.14. The molecule has 0 aliphatic heterocycles. The molecule has 1 N–H and O–H groups in total. The summed E-state index contributed by atoms with van der Waals surface area (Å²) in [6, 6.07) is 0. The van der Waals surface area contributed by atoms with Crippen LogP contribution in [-0.2, 0) is 9.53 Å². The van der Waals surface area contributed by atoms with Crippen LogP contribution < -0.4 is 0 Å². The molecule has 4 heteroatoms. The molecule has 0 spiro atoms. The Balaban J connectivity index is 0. The fourth-order valence-corrected chi connectivity index (χ4v) is 0.266. The average molecular weight is 193 g/mol. The summed E-state index contributed by atoms with van der Waals surface area (Å²) in [6.07, 6.45) is 0.425. The van der Waals surface area contributed by atoms with E-state index in [1.165, 1.54) is 5.54 Å². The molecule has 0 aromatic rings. The molecule has 0 saturated carbocycles. The van der Waals surface area contributed by atoms with Gasteiger partial charge in [0.2, 0.25) is 6.29 Å². The van der Waals surface area contributed by atoms with E-state index < -0.39 is 12.3 Å². The van der Waals surface area contributed by atoms with Gasteiger partial charge in [0.15, 0.2) is 0 Å². The van der Waals surface area contributed by atoms with E-state index >= 15 is 0 Å². The van der Waals surface area contributed by atoms with Crippen LogP contribution in [0, 0.1) is 0 Å². The topological polar surface area (TPSA) is 46.5 Å². The Hall–Kier alpha value is -0.800. The quantitative estimate of drug-likeness (QED) is 0.422. The Morgan fingerprint density at radius 2 is 2.17 bits per heavy atom. The second-order valence-electron chi connectivity index (χ2n) is 1.66. The van der Waals surface area contributed by atoms with E-state index in [-0.39, 0.29) is 0 Å². The van der Waals surface area contributed by atoms with Gasteiger partial charge in [0.25, 0.3) is 0 Å². The molecule has 70 valence electrons. The van der Waals surface area contributed by atoms with E-state index in [2.05, 4.69) is 17.9 Å². The average Bonchev–Trinajstić information content (AvgIpc) is 2.05. The summed E-state index contributed by atoms with van der Waals surface area (Å²) in [5, 5.41) is 8.67. The highest BCUT2D eigenvalue weighted by atomic mass is 35.5. The maximum absolute atomic E-state index is 10.3. The molecule has 1 unspecified atom stereocenters. The molecule has 0 radical (unpaired) electrons. The van der Waals surface area contributed by atoms with Crippen LogP contribution in [0.2, 0.25) is 0 Å². The van der Waals surface area contributed by atoms with Gasteiger partial charge in [-0.2, -0.15) is 0 Å². The molecule has 0 heterocycles. The first-order valence-electron chi connectivity index (χ1n) is 3.34. The van der Waals surface area contributed by atoms with Gasteiger partial charge in [0.1, 0.15) is 0 Å². The standard InChI is InChI=1S/C6H10O3.C2H3Cl/c1-3-5(7)9-6(8)4-2;1-2-3/h3,6,8H,1,4H2,2H3;2H,1H2. The first-order valence-corrected chi connectivity index (χ1v) is 3.78. The first kappa shape index (κ1) is 13.8. The molecule has 3 nitrogen and oxygen atoms in total. The number of ether oxygens (including phenoxy) is 1. The number of aliphatic hydroxyl groups excluding tert-OH is 1. The van der Waals surface area contributed by atoms with E-state index in [4.69, 9.17) is 16.7 Å². The molecule has 0 aromatic heterocycles. The largest absolute Gasteiger partial charge is 0.433 e. The summed E-state index contributed by atoms with van der Waals surface area (Å²) in [6.45, 7) is 8.00. The van der Waals surface area contributed by atoms with Crippen molar-refractivity contribution >= 4 is 17.6 Å². The van der Waals surface area contributed by atoms with Gasteiger partial charge in [-0.25, -0.2) is 4.79 Å². The highest BCUT2D eigenvalue weighted by Crippen LogP contribution is 1.92. The van der Waals surface area contributed by atoms with E-state index in [0.29, 0.717) is 6.42 Å². The third-order valence-electron chi connectivity index (χ3n) is 0.768. The Kier molecular flexibility index (Phi) is 11.7. The monoisotopic (exact) mass is 192 g/mol. The third-order valence-corrected chi connectivity index (χ3v) is 0.768. The summed E-state index contributed by atoms with van der Waals surface area (Å²) < 4.78 is 4.35. The summed E-state index contributed by atoms with van der Waals surface area (Å²) >= 11 is 4.76. The maximum Gasteiger partial charge on any atom is 0.332 e. The van der Waals surface area contributed by atoms with Crippen LogP contribution in [-0.4, -0.2) is 17.4 Å². The maximum atomic E-state index is 10.3. The van der Waals surface area contributed by atoms with Gasteiger partial charge in [-0.05, 0) is 5.54 Å². The minimum Gasteiger partial charge on any atom is -0.433 e. The molecule has 0 aliphatic rings. The highest BCUT2D eigenvalue weighted by Gasteiger charge is 2.02. The van der Waals surface area contributed by atoms with Gasteiger partial charge in [-0.1, -0.05) is 31.7 Å². The Morgan fingerprint density at radius 3 is 2.42 bits per heavy atom. The van der Waals surface area contributed by atoms with E-state index in [1.807, 2.05) is 0 Å². The van der Waals surface area contributed by atoms with Crippen LogP contribution in [0.25, 0.3) is 0 Å². The highest BCUT2D eigenvalue weighted by molar-refractivity contribution is 6.25. The van der Waals surface area contributed by atoms with Crippen molar-refractivity contribution in [1.29, 1.82) is 0 Å². The minimum absolute atomic E-state index is 0.402. The fourth-order valence-electron chi connectivity index (χ4n) is 0.266. The number of rotatable bonds is 3. The molecule has 12 heavy (non-hydrogen) atoms. The lowest BCUT2D eigenvalue weighted by atomic mass is 10.5. The van der Waals surface area contributed by atoms with Gasteiger partial charge in [-0.15, -0.1) is 0 Å². The van der Waals surface area contributed by atoms with Gasteiger partial charge in [-0.3, -0.25) is 0 Å². The molecule has 0 aromatic carbocycles. The zero-order valence-electron chi connectivity index (χ0n) is 7.00. The summed E-state index contributed by atoms with van der Waals surface area (Å²) in [5.41, 5.74) is 1.22. The molecule has 1 atom stereocenters. The van der Waals surface area contributed by atoms with Gasteiger partial charge in [0.05, 0.1) is 0 Å². The number of esters is 1. The zero-order valence-corrected chi connectivity index (χ0v) is 7.75. The molecule has 0 rings (SSSR count). The van der Waals surface area contributed by atoms with E-state index in [0.717, 1.165) is 6.08 Å². The van der Waals surface area contributed by atoms with Crippen molar-refractivity contribution in [3.63, 3.8) is 0 Å². The molecular formula is C8H13ClO3. The van der Waals surface area contributed by atoms with Crippen molar-refractivity contribution < 1.29 is 14.6 Å². The van der Waals surface area contributed by atoms with E-state index in [9.17, 15) is 4.79 Å². The normalized spacial score (nSPS) is 10.2. The number of aliphatic hydroxyl groups is 1. The van der Waals surface area contributed by atoms with Gasteiger partial charge >= 0.3 is 5.97 Å². The van der Waals surface area contributed by atoms with Gasteiger partial charge in [0, 0.05) is 12.5 Å². The van der Waals surface area contributed by atoms with Crippen molar-refractivity contribution in [3.05, 3.63) is 24.8 Å². The van der Waals surface area contributed by atoms with Gasteiger partial charge < -0.3 is 9.84 Å². The van der Waals surface area contributed by atoms with Crippen LogP contribution in [0.15, 0.2) is 24.8 Å². The van der Waals surface area contributed by atoms with Crippen molar-refractivity contribution in [3.8, 4) is 0 Å². The predicted octanol–water partition coefficient (Wildman–Crippen LogP) is 1.81. The van der Waals surface area contributed by atoms with E-state index in [1.54, 1.807) is 6.92 Å². The molecule has 0 amide bonds. The minimum atomic E-state index is -0.990. The lowest BCUT2D eigenvalue weighted by Gasteiger charge is -2.05. The second kappa shape index (κ2) is 10.2. The Labute approximate surface area is 77.3 Å². The van der Waals surface area contributed by atoms with Crippen LogP contribution >= 0.6 is 11.6 Å². The number of hydrogen-bond donors (Lipinski definition) is 1. The molecule has 0 fully saturated rings. The molecular weight excluding hydrogens is 180 g/mol. The number of carbonyl (C=O) groups excluding carboxylic acids is 1. The summed E-state index contributed by atoms with van der Waals surface area (Å²) in [5.74, 6) is -0.593. The van der Waals surface area contributed by atoms with Crippen molar-refractivity contribution in [2.24, 2.45) is 0 Å². The Morgan fingerprint density at radius 1 is 1.75 bits per heavy atom. The molecule has 0 aliphatic carbocycles. The SMILES string of the molecule is C=CC(=O)OC(O)CC.C=CCl. The molecule has 0 saturated heterocycles. The second-order valence-corrected chi connectivity index (χ2v) is 1.97. The van der Waals surface area contributed by atoms with Crippen LogP contribution in [0.5, 0.6) is 0 Å². The van der Waals surface area contributed by atoms with Crippen molar-refractivity contribution in [2.45, 2.75) is 19.6 Å². The van der Waals surface area contributed by atoms with Crippen molar-refractivity contribution in [2.75, 3.05) is 0 Å². The van der Waals surface area contributed by atoms with Crippen LogP contribution in [0.3, 0.4) is 0 Å². The molecule has 0 bridgehead atoms. The first-order chi connectivity index (χ1) is 5.62. The fraction of sp³-hybridized carbons (Fsp3) is 0.375. The predicted molar refractivity (Wildman–Crippen MR) is 48.6 cm³/mol. The number of carbonyl (C=O) groups is 1. The summed E-state index contributed by atoms with van der Waals surface area (Å²) in [4.78, 5) is 10.3. The van der Waals surface area contributed by atoms with Crippen LogP contribution in [0.1, 0.15) is 13.3 Å². The number of hydrogen-bond acceptors (Lipinski definition) is 3. The zero-order chi connectivity index (χ0) is 9.98.